The third-order valence-electron chi connectivity index (χ3n) is 2.70. The van der Waals surface area contributed by atoms with E-state index in [4.69, 9.17) is 0 Å². The van der Waals surface area contributed by atoms with Crippen LogP contribution in [0, 0.1) is 12.7 Å². The van der Waals surface area contributed by atoms with E-state index in [0.717, 1.165) is 6.42 Å². The second-order valence-electron chi connectivity index (χ2n) is 4.48. The number of halogens is 1. The Labute approximate surface area is 112 Å². The van der Waals surface area contributed by atoms with E-state index < -0.39 is 0 Å². The largest absolute Gasteiger partial charge is 0.355 e. The monoisotopic (exact) mass is 266 g/mol. The van der Waals surface area contributed by atoms with Gasteiger partial charge in [-0.15, -0.1) is 0 Å². The summed E-state index contributed by atoms with van der Waals surface area (Å²) in [7, 11) is 1.55. The molecule has 104 valence electrons. The van der Waals surface area contributed by atoms with Gasteiger partial charge >= 0.3 is 0 Å². The van der Waals surface area contributed by atoms with E-state index >= 15 is 0 Å². The van der Waals surface area contributed by atoms with Crippen molar-refractivity contribution in [1.29, 1.82) is 0 Å². The molecule has 4 nitrogen and oxygen atoms in total. The highest BCUT2D eigenvalue weighted by atomic mass is 19.1. The van der Waals surface area contributed by atoms with E-state index in [9.17, 15) is 14.0 Å². The van der Waals surface area contributed by atoms with E-state index in [-0.39, 0.29) is 24.2 Å². The normalized spacial score (nSPS) is 10.1. The number of carbonyl (C=O) groups excluding carboxylic acids is 2. The number of amides is 2. The van der Waals surface area contributed by atoms with Gasteiger partial charge in [0.2, 0.25) is 5.91 Å². The molecule has 1 aromatic rings. The fourth-order valence-corrected chi connectivity index (χ4v) is 1.61. The van der Waals surface area contributed by atoms with Crippen LogP contribution < -0.4 is 5.32 Å². The predicted octanol–water partition coefficient (Wildman–Crippen LogP) is 1.73. The summed E-state index contributed by atoms with van der Waals surface area (Å²) in [6.45, 7) is 4.14. The number of benzene rings is 1. The van der Waals surface area contributed by atoms with Crippen molar-refractivity contribution in [3.63, 3.8) is 0 Å². The highest BCUT2D eigenvalue weighted by Gasteiger charge is 2.15. The summed E-state index contributed by atoms with van der Waals surface area (Å²) in [5.41, 5.74) is 0.791. The van der Waals surface area contributed by atoms with Gasteiger partial charge in [0.1, 0.15) is 5.82 Å². The van der Waals surface area contributed by atoms with Gasteiger partial charge in [-0.2, -0.15) is 0 Å². The summed E-state index contributed by atoms with van der Waals surface area (Å²) >= 11 is 0. The van der Waals surface area contributed by atoms with Crippen LogP contribution in [0.5, 0.6) is 0 Å². The van der Waals surface area contributed by atoms with Gasteiger partial charge in [-0.1, -0.05) is 6.92 Å². The molecule has 0 aliphatic rings. The third kappa shape index (κ3) is 4.35. The summed E-state index contributed by atoms with van der Waals surface area (Å²) in [5, 5.41) is 2.70. The third-order valence-corrected chi connectivity index (χ3v) is 2.70. The minimum absolute atomic E-state index is 0.00470. The first-order valence-electron chi connectivity index (χ1n) is 6.24. The summed E-state index contributed by atoms with van der Waals surface area (Å²) < 4.78 is 13.1. The molecule has 1 aromatic carbocycles. The van der Waals surface area contributed by atoms with Crippen molar-refractivity contribution in [2.24, 2.45) is 0 Å². The second-order valence-corrected chi connectivity index (χ2v) is 4.48. The number of rotatable bonds is 5. The smallest absolute Gasteiger partial charge is 0.254 e. The molecule has 2 amide bonds. The van der Waals surface area contributed by atoms with Crippen LogP contribution in [0.2, 0.25) is 0 Å². The number of likely N-dealkylation sites (N-methyl/N-ethyl adjacent to an activating group) is 1. The molecular formula is C14H19FN2O2. The summed E-state index contributed by atoms with van der Waals surface area (Å²) in [5.74, 6) is -0.842. The lowest BCUT2D eigenvalue weighted by atomic mass is 10.1. The maximum atomic E-state index is 13.1. The molecule has 0 unspecified atom stereocenters. The van der Waals surface area contributed by atoms with E-state index in [0.29, 0.717) is 17.7 Å². The summed E-state index contributed by atoms with van der Waals surface area (Å²) in [4.78, 5) is 24.9. The molecule has 0 bridgehead atoms. The lowest BCUT2D eigenvalue weighted by Gasteiger charge is -2.17. The molecule has 0 saturated heterocycles. The quantitative estimate of drug-likeness (QED) is 0.882. The SMILES string of the molecule is CCCNC(=O)CN(C)C(=O)c1ccc(F)c(C)c1. The Morgan fingerprint density at radius 1 is 1.37 bits per heavy atom. The van der Waals surface area contributed by atoms with Crippen LogP contribution in [0.3, 0.4) is 0 Å². The highest BCUT2D eigenvalue weighted by molar-refractivity contribution is 5.96. The molecule has 1 N–H and O–H groups in total. The molecule has 0 atom stereocenters. The topological polar surface area (TPSA) is 49.4 Å². The fourth-order valence-electron chi connectivity index (χ4n) is 1.61. The van der Waals surface area contributed by atoms with Gasteiger partial charge in [-0.25, -0.2) is 4.39 Å². The molecule has 0 aromatic heterocycles. The first-order valence-corrected chi connectivity index (χ1v) is 6.24. The fraction of sp³-hybridized carbons (Fsp3) is 0.429. The van der Waals surface area contributed by atoms with E-state index in [1.54, 1.807) is 14.0 Å². The van der Waals surface area contributed by atoms with Crippen LogP contribution in [0.4, 0.5) is 4.39 Å². The summed E-state index contributed by atoms with van der Waals surface area (Å²) in [6, 6.07) is 4.16. The Morgan fingerprint density at radius 2 is 2.05 bits per heavy atom. The van der Waals surface area contributed by atoms with E-state index in [1.807, 2.05) is 6.92 Å². The zero-order chi connectivity index (χ0) is 14.4. The van der Waals surface area contributed by atoms with Crippen LogP contribution in [-0.2, 0) is 4.79 Å². The van der Waals surface area contributed by atoms with Crippen molar-refractivity contribution >= 4 is 11.8 Å². The van der Waals surface area contributed by atoms with Crippen molar-refractivity contribution in [2.45, 2.75) is 20.3 Å². The average Bonchev–Trinajstić information content (AvgIpc) is 2.38. The Hall–Kier alpha value is -1.91. The molecule has 0 fully saturated rings. The molecule has 1 rings (SSSR count). The Kier molecular flexibility index (Phi) is 5.48. The van der Waals surface area contributed by atoms with Gasteiger partial charge in [0.05, 0.1) is 6.54 Å². The standard InChI is InChI=1S/C14H19FN2O2/c1-4-7-16-13(18)9-17(3)14(19)11-5-6-12(15)10(2)8-11/h5-6,8H,4,7,9H2,1-3H3,(H,16,18). The Morgan fingerprint density at radius 3 is 2.63 bits per heavy atom. The maximum absolute atomic E-state index is 13.1. The molecular weight excluding hydrogens is 247 g/mol. The molecule has 0 aliphatic carbocycles. The van der Waals surface area contributed by atoms with Crippen LogP contribution in [0.25, 0.3) is 0 Å². The van der Waals surface area contributed by atoms with Gasteiger partial charge in [0, 0.05) is 19.2 Å². The van der Waals surface area contributed by atoms with Gasteiger partial charge in [-0.05, 0) is 37.1 Å². The molecule has 19 heavy (non-hydrogen) atoms. The van der Waals surface area contributed by atoms with Crippen LogP contribution in [-0.4, -0.2) is 36.9 Å². The lowest BCUT2D eigenvalue weighted by molar-refractivity contribution is -0.121. The number of hydrogen-bond donors (Lipinski definition) is 1. The minimum Gasteiger partial charge on any atom is -0.355 e. The summed E-state index contributed by atoms with van der Waals surface area (Å²) in [6.07, 6.45) is 0.848. The first kappa shape index (κ1) is 15.1. The van der Waals surface area contributed by atoms with Crippen LogP contribution in [0.15, 0.2) is 18.2 Å². The second kappa shape index (κ2) is 6.87. The Bertz CT molecular complexity index is 475. The lowest BCUT2D eigenvalue weighted by Crippen LogP contribution is -2.38. The zero-order valence-corrected chi connectivity index (χ0v) is 11.5. The van der Waals surface area contributed by atoms with E-state index in [1.165, 1.54) is 23.1 Å². The zero-order valence-electron chi connectivity index (χ0n) is 11.5. The number of aryl methyl sites for hydroxylation is 1. The highest BCUT2D eigenvalue weighted by Crippen LogP contribution is 2.10. The van der Waals surface area contributed by atoms with Crippen LogP contribution >= 0.6 is 0 Å². The van der Waals surface area contributed by atoms with Gasteiger partial charge in [0.15, 0.2) is 0 Å². The molecule has 5 heteroatoms. The van der Waals surface area contributed by atoms with Gasteiger partial charge in [-0.3, -0.25) is 9.59 Å². The van der Waals surface area contributed by atoms with E-state index in [2.05, 4.69) is 5.32 Å². The first-order chi connectivity index (χ1) is 8.95. The molecule has 0 saturated carbocycles. The molecule has 0 aliphatic heterocycles. The Balaban J connectivity index is 2.66. The molecule has 0 heterocycles. The maximum Gasteiger partial charge on any atom is 0.254 e. The molecule has 0 spiro atoms. The van der Waals surface area contributed by atoms with Crippen molar-refractivity contribution in [1.82, 2.24) is 10.2 Å². The van der Waals surface area contributed by atoms with Crippen molar-refractivity contribution < 1.29 is 14.0 Å². The van der Waals surface area contributed by atoms with Crippen molar-refractivity contribution in [3.8, 4) is 0 Å². The predicted molar refractivity (Wildman–Crippen MR) is 71.4 cm³/mol. The van der Waals surface area contributed by atoms with Crippen molar-refractivity contribution in [3.05, 3.63) is 35.1 Å². The van der Waals surface area contributed by atoms with Crippen molar-refractivity contribution in [2.75, 3.05) is 20.1 Å². The number of hydrogen-bond acceptors (Lipinski definition) is 2. The molecule has 0 radical (unpaired) electrons. The number of nitrogens with zero attached hydrogens (tertiary/aromatic N) is 1. The van der Waals surface area contributed by atoms with Crippen LogP contribution in [0.1, 0.15) is 29.3 Å². The van der Waals surface area contributed by atoms with Gasteiger partial charge < -0.3 is 10.2 Å². The minimum atomic E-state index is -0.347. The number of nitrogens with one attached hydrogen (secondary N) is 1. The average molecular weight is 266 g/mol. The van der Waals surface area contributed by atoms with Gasteiger partial charge in [0.25, 0.3) is 5.91 Å². The number of carbonyl (C=O) groups is 2.